The van der Waals surface area contributed by atoms with E-state index in [4.69, 9.17) is 9.15 Å². The average Bonchev–Trinajstić information content (AvgIpc) is 3.07. The first-order valence-corrected chi connectivity index (χ1v) is 8.82. The van der Waals surface area contributed by atoms with Gasteiger partial charge in [0.05, 0.1) is 12.8 Å². The Morgan fingerprint density at radius 1 is 1.25 bits per heavy atom. The Balaban J connectivity index is 1.79. The van der Waals surface area contributed by atoms with Crippen molar-refractivity contribution in [1.29, 1.82) is 0 Å². The number of nitrogens with one attached hydrogen (secondary N) is 2. The lowest BCUT2D eigenvalue weighted by Gasteiger charge is -2.21. The van der Waals surface area contributed by atoms with E-state index < -0.39 is 29.9 Å². The minimum absolute atomic E-state index is 0.409. The third-order valence-corrected chi connectivity index (χ3v) is 4.79. The first-order chi connectivity index (χ1) is 13.2. The molecular weight excluding hydrogens is 362 g/mol. The number of carbonyl (C=O) groups is 3. The topological polar surface area (TPSA) is 101 Å². The number of imide groups is 1. The standard InChI is InChI=1S/C20H23N3O5/c1-11-6-7-16(27-5)15(8-11)21-17(24)10-23-18(25)20(4,22-19(23)26)14-9-12(2)28-13(14)3/h6-9H,10H2,1-5H3,(H,21,24)(H,22,26). The van der Waals surface area contributed by atoms with Crippen molar-refractivity contribution < 1.29 is 23.5 Å². The monoisotopic (exact) mass is 385 g/mol. The van der Waals surface area contributed by atoms with E-state index in [0.717, 1.165) is 10.5 Å². The number of nitrogens with zero attached hydrogens (tertiary/aromatic N) is 1. The van der Waals surface area contributed by atoms with Gasteiger partial charge in [-0.3, -0.25) is 14.5 Å². The summed E-state index contributed by atoms with van der Waals surface area (Å²) in [5.74, 6) is 0.665. The van der Waals surface area contributed by atoms with E-state index in [2.05, 4.69) is 10.6 Å². The Hall–Kier alpha value is -3.29. The van der Waals surface area contributed by atoms with Gasteiger partial charge in [-0.2, -0.15) is 0 Å². The first kappa shape index (κ1) is 19.5. The number of carbonyl (C=O) groups excluding carboxylic acids is 3. The zero-order chi connectivity index (χ0) is 20.6. The molecule has 1 atom stereocenters. The van der Waals surface area contributed by atoms with Gasteiger partial charge in [0.25, 0.3) is 5.91 Å². The molecule has 4 amide bonds. The number of amides is 4. The highest BCUT2D eigenvalue weighted by atomic mass is 16.5. The van der Waals surface area contributed by atoms with Gasteiger partial charge in [0, 0.05) is 5.56 Å². The molecule has 0 radical (unpaired) electrons. The molecule has 8 nitrogen and oxygen atoms in total. The molecule has 2 aromatic rings. The Morgan fingerprint density at radius 2 is 1.96 bits per heavy atom. The summed E-state index contributed by atoms with van der Waals surface area (Å²) in [5.41, 5.74) is 0.708. The SMILES string of the molecule is COc1ccc(C)cc1NC(=O)CN1C(=O)NC(C)(c2cc(C)oc2C)C1=O. The molecule has 1 aliphatic heterocycles. The second kappa shape index (κ2) is 7.03. The molecule has 28 heavy (non-hydrogen) atoms. The molecule has 0 aliphatic carbocycles. The smallest absolute Gasteiger partial charge is 0.325 e. The summed E-state index contributed by atoms with van der Waals surface area (Å²) in [6, 6.07) is 6.43. The zero-order valence-corrected chi connectivity index (χ0v) is 16.5. The fourth-order valence-corrected chi connectivity index (χ4v) is 3.40. The van der Waals surface area contributed by atoms with Crippen LogP contribution in [-0.4, -0.2) is 36.4 Å². The van der Waals surface area contributed by atoms with Gasteiger partial charge >= 0.3 is 6.03 Å². The summed E-state index contributed by atoms with van der Waals surface area (Å²) in [5, 5.41) is 5.37. The van der Waals surface area contributed by atoms with Crippen molar-refractivity contribution in [3.63, 3.8) is 0 Å². The van der Waals surface area contributed by atoms with Gasteiger partial charge in [-0.15, -0.1) is 0 Å². The number of methoxy groups -OCH3 is 1. The second-order valence-electron chi connectivity index (χ2n) is 7.03. The normalized spacial score (nSPS) is 19.0. The van der Waals surface area contributed by atoms with Crippen molar-refractivity contribution in [1.82, 2.24) is 10.2 Å². The molecule has 1 unspecified atom stereocenters. The lowest BCUT2D eigenvalue weighted by atomic mass is 9.92. The summed E-state index contributed by atoms with van der Waals surface area (Å²) in [4.78, 5) is 38.8. The summed E-state index contributed by atoms with van der Waals surface area (Å²) in [6.45, 7) is 6.57. The second-order valence-corrected chi connectivity index (χ2v) is 7.03. The van der Waals surface area contributed by atoms with E-state index in [0.29, 0.717) is 28.5 Å². The molecule has 2 N–H and O–H groups in total. The van der Waals surface area contributed by atoms with Crippen LogP contribution in [-0.2, 0) is 15.1 Å². The highest BCUT2D eigenvalue weighted by Crippen LogP contribution is 2.33. The first-order valence-electron chi connectivity index (χ1n) is 8.82. The molecule has 8 heteroatoms. The lowest BCUT2D eigenvalue weighted by Crippen LogP contribution is -2.42. The Morgan fingerprint density at radius 3 is 2.57 bits per heavy atom. The Kier molecular flexibility index (Phi) is 4.89. The third kappa shape index (κ3) is 3.33. The highest BCUT2D eigenvalue weighted by molar-refractivity contribution is 6.10. The number of hydrogen-bond acceptors (Lipinski definition) is 5. The number of rotatable bonds is 5. The summed E-state index contributed by atoms with van der Waals surface area (Å²) in [6.07, 6.45) is 0. The van der Waals surface area contributed by atoms with Crippen molar-refractivity contribution in [2.24, 2.45) is 0 Å². The molecule has 1 saturated heterocycles. The number of anilines is 1. The zero-order valence-electron chi connectivity index (χ0n) is 16.5. The number of ether oxygens (including phenoxy) is 1. The van der Waals surface area contributed by atoms with Gasteiger partial charge in [0.15, 0.2) is 0 Å². The van der Waals surface area contributed by atoms with Crippen LogP contribution in [0.25, 0.3) is 0 Å². The van der Waals surface area contributed by atoms with Crippen LogP contribution in [0.4, 0.5) is 10.5 Å². The molecular formula is C20H23N3O5. The highest BCUT2D eigenvalue weighted by Gasteiger charge is 2.51. The summed E-state index contributed by atoms with van der Waals surface area (Å²) >= 11 is 0. The number of hydrogen-bond donors (Lipinski definition) is 2. The number of furan rings is 1. The van der Waals surface area contributed by atoms with Gasteiger partial charge in [0.2, 0.25) is 5.91 Å². The van der Waals surface area contributed by atoms with Gasteiger partial charge in [0.1, 0.15) is 29.4 Å². The molecule has 1 aromatic carbocycles. The van der Waals surface area contributed by atoms with E-state index in [1.54, 1.807) is 39.0 Å². The van der Waals surface area contributed by atoms with Gasteiger partial charge < -0.3 is 19.8 Å². The van der Waals surface area contributed by atoms with Gasteiger partial charge in [-0.1, -0.05) is 6.07 Å². The van der Waals surface area contributed by atoms with E-state index in [9.17, 15) is 14.4 Å². The number of urea groups is 1. The van der Waals surface area contributed by atoms with Gasteiger partial charge in [-0.05, 0) is 51.5 Å². The van der Waals surface area contributed by atoms with Crippen LogP contribution in [0.1, 0.15) is 29.6 Å². The van der Waals surface area contributed by atoms with Crippen molar-refractivity contribution >= 4 is 23.5 Å². The lowest BCUT2D eigenvalue weighted by molar-refractivity contribution is -0.133. The largest absolute Gasteiger partial charge is 0.495 e. The van der Waals surface area contributed by atoms with Crippen LogP contribution in [0.3, 0.4) is 0 Å². The van der Waals surface area contributed by atoms with Gasteiger partial charge in [-0.25, -0.2) is 4.79 Å². The van der Waals surface area contributed by atoms with Crippen LogP contribution in [0, 0.1) is 20.8 Å². The molecule has 2 heterocycles. The van der Waals surface area contributed by atoms with Crippen LogP contribution >= 0.6 is 0 Å². The molecule has 0 spiro atoms. The minimum atomic E-state index is -1.28. The summed E-state index contributed by atoms with van der Waals surface area (Å²) in [7, 11) is 1.50. The predicted molar refractivity (Wildman–Crippen MR) is 102 cm³/mol. The molecule has 0 bridgehead atoms. The van der Waals surface area contributed by atoms with E-state index in [1.807, 2.05) is 13.0 Å². The van der Waals surface area contributed by atoms with Crippen molar-refractivity contribution in [2.45, 2.75) is 33.2 Å². The van der Waals surface area contributed by atoms with Crippen LogP contribution < -0.4 is 15.4 Å². The maximum absolute atomic E-state index is 13.0. The van der Waals surface area contributed by atoms with Crippen LogP contribution in [0.5, 0.6) is 5.75 Å². The summed E-state index contributed by atoms with van der Waals surface area (Å²) < 4.78 is 10.7. The fraction of sp³-hybridized carbons (Fsp3) is 0.350. The fourth-order valence-electron chi connectivity index (χ4n) is 3.40. The minimum Gasteiger partial charge on any atom is -0.495 e. The Bertz CT molecular complexity index is 965. The van der Waals surface area contributed by atoms with Crippen molar-refractivity contribution in [3.8, 4) is 5.75 Å². The third-order valence-electron chi connectivity index (χ3n) is 4.79. The van der Waals surface area contributed by atoms with Crippen LogP contribution in [0.15, 0.2) is 28.7 Å². The van der Waals surface area contributed by atoms with E-state index >= 15 is 0 Å². The van der Waals surface area contributed by atoms with Crippen molar-refractivity contribution in [3.05, 3.63) is 46.9 Å². The van der Waals surface area contributed by atoms with E-state index in [-0.39, 0.29) is 0 Å². The number of benzene rings is 1. The molecule has 1 fully saturated rings. The molecule has 148 valence electrons. The van der Waals surface area contributed by atoms with Crippen LogP contribution in [0.2, 0.25) is 0 Å². The maximum atomic E-state index is 13.0. The quantitative estimate of drug-likeness (QED) is 0.771. The Labute approximate surface area is 162 Å². The van der Waals surface area contributed by atoms with Crippen molar-refractivity contribution in [2.75, 3.05) is 19.0 Å². The average molecular weight is 385 g/mol. The molecule has 1 aliphatic rings. The number of aryl methyl sites for hydroxylation is 3. The van der Waals surface area contributed by atoms with E-state index in [1.165, 1.54) is 7.11 Å². The molecule has 0 saturated carbocycles. The predicted octanol–water partition coefficient (Wildman–Crippen LogP) is 2.62. The molecule has 3 rings (SSSR count). The molecule has 1 aromatic heterocycles. The maximum Gasteiger partial charge on any atom is 0.325 e.